The second-order valence-electron chi connectivity index (χ2n) is 5.47. The zero-order valence-corrected chi connectivity index (χ0v) is 10.5. The van der Waals surface area contributed by atoms with E-state index in [4.69, 9.17) is 0 Å². The number of aliphatic hydroxyl groups is 1. The summed E-state index contributed by atoms with van der Waals surface area (Å²) in [7, 11) is 0. The zero-order valence-electron chi connectivity index (χ0n) is 10.5. The molecule has 0 spiro atoms. The van der Waals surface area contributed by atoms with Crippen molar-refractivity contribution in [1.29, 1.82) is 0 Å². The Balaban J connectivity index is 2.23. The maximum absolute atomic E-state index is 10.7. The molecular formula is C13H22N2O. The van der Waals surface area contributed by atoms with Gasteiger partial charge in [-0.2, -0.15) is 5.10 Å². The van der Waals surface area contributed by atoms with Crippen molar-refractivity contribution in [2.45, 2.75) is 52.2 Å². The van der Waals surface area contributed by atoms with Crippen LogP contribution in [0.1, 0.15) is 45.6 Å². The van der Waals surface area contributed by atoms with Crippen LogP contribution in [0.4, 0.5) is 0 Å². The molecule has 1 N–H and O–H groups in total. The van der Waals surface area contributed by atoms with Gasteiger partial charge in [0.25, 0.3) is 0 Å². The molecule has 2 atom stereocenters. The predicted octanol–water partition coefficient (Wildman–Crippen LogP) is 2.55. The SMILES string of the molecule is CCn1cc(C2(O)CC(C)CC(C)C2)cn1. The Morgan fingerprint density at radius 3 is 2.56 bits per heavy atom. The van der Waals surface area contributed by atoms with E-state index in [0.29, 0.717) is 11.8 Å². The second-order valence-corrected chi connectivity index (χ2v) is 5.47. The Bertz CT molecular complexity index is 349. The largest absolute Gasteiger partial charge is 0.385 e. The summed E-state index contributed by atoms with van der Waals surface area (Å²) in [6.45, 7) is 7.38. The molecule has 0 aliphatic heterocycles. The van der Waals surface area contributed by atoms with E-state index in [1.807, 2.05) is 17.1 Å². The molecule has 1 aliphatic rings. The molecule has 1 aliphatic carbocycles. The number of rotatable bonds is 2. The van der Waals surface area contributed by atoms with Crippen LogP contribution in [0.5, 0.6) is 0 Å². The molecule has 3 nitrogen and oxygen atoms in total. The van der Waals surface area contributed by atoms with Gasteiger partial charge in [0.05, 0.1) is 11.8 Å². The van der Waals surface area contributed by atoms with Crippen molar-refractivity contribution in [3.8, 4) is 0 Å². The Morgan fingerprint density at radius 2 is 2.06 bits per heavy atom. The Kier molecular flexibility index (Phi) is 3.06. The summed E-state index contributed by atoms with van der Waals surface area (Å²) in [4.78, 5) is 0. The molecule has 2 rings (SSSR count). The number of hydrogen-bond acceptors (Lipinski definition) is 2. The summed E-state index contributed by atoms with van der Waals surface area (Å²) >= 11 is 0. The van der Waals surface area contributed by atoms with Crippen LogP contribution in [0.15, 0.2) is 12.4 Å². The number of hydrogen-bond donors (Lipinski definition) is 1. The van der Waals surface area contributed by atoms with Crippen molar-refractivity contribution >= 4 is 0 Å². The fourth-order valence-electron chi connectivity index (χ4n) is 3.10. The standard InChI is InChI=1S/C13H22N2O/c1-4-15-9-12(8-14-15)13(16)6-10(2)5-11(3)7-13/h8-11,16H,4-7H2,1-3H3. The molecule has 90 valence electrons. The highest BCUT2D eigenvalue weighted by Crippen LogP contribution is 2.42. The first-order valence-electron chi connectivity index (χ1n) is 6.29. The zero-order chi connectivity index (χ0) is 11.8. The summed E-state index contributed by atoms with van der Waals surface area (Å²) in [6, 6.07) is 0. The van der Waals surface area contributed by atoms with Crippen LogP contribution in [0.3, 0.4) is 0 Å². The normalized spacial score (nSPS) is 35.2. The molecule has 2 unspecified atom stereocenters. The Morgan fingerprint density at radius 1 is 1.44 bits per heavy atom. The Hall–Kier alpha value is -0.830. The maximum atomic E-state index is 10.7. The highest BCUT2D eigenvalue weighted by atomic mass is 16.3. The minimum absolute atomic E-state index is 0.596. The first-order valence-corrected chi connectivity index (χ1v) is 6.29. The van der Waals surface area contributed by atoms with Crippen LogP contribution >= 0.6 is 0 Å². The van der Waals surface area contributed by atoms with Gasteiger partial charge in [0.1, 0.15) is 0 Å². The van der Waals surface area contributed by atoms with Crippen LogP contribution in [0, 0.1) is 11.8 Å². The first-order chi connectivity index (χ1) is 7.53. The summed E-state index contributed by atoms with van der Waals surface area (Å²) in [5.74, 6) is 1.19. The van der Waals surface area contributed by atoms with E-state index in [1.165, 1.54) is 6.42 Å². The van der Waals surface area contributed by atoms with Crippen molar-refractivity contribution in [3.63, 3.8) is 0 Å². The van der Waals surface area contributed by atoms with Crippen LogP contribution in [-0.2, 0) is 12.1 Å². The first kappa shape index (κ1) is 11.6. The molecule has 0 radical (unpaired) electrons. The number of nitrogens with zero attached hydrogens (tertiary/aromatic N) is 2. The third kappa shape index (κ3) is 2.14. The van der Waals surface area contributed by atoms with Crippen LogP contribution in [0.25, 0.3) is 0 Å². The predicted molar refractivity (Wildman–Crippen MR) is 64.0 cm³/mol. The van der Waals surface area contributed by atoms with Crippen LogP contribution in [0.2, 0.25) is 0 Å². The molecule has 3 heteroatoms. The van der Waals surface area contributed by atoms with E-state index in [0.717, 1.165) is 24.9 Å². The highest BCUT2D eigenvalue weighted by molar-refractivity contribution is 5.16. The lowest BCUT2D eigenvalue weighted by atomic mass is 9.71. The number of aryl methyl sites for hydroxylation is 1. The van der Waals surface area contributed by atoms with E-state index < -0.39 is 5.60 Å². The van der Waals surface area contributed by atoms with Crippen LogP contribution < -0.4 is 0 Å². The molecule has 1 aromatic heterocycles. The van der Waals surface area contributed by atoms with Gasteiger partial charge in [-0.25, -0.2) is 0 Å². The molecule has 0 bridgehead atoms. The molecular weight excluding hydrogens is 200 g/mol. The molecule has 0 amide bonds. The Labute approximate surface area is 97.5 Å². The molecule has 16 heavy (non-hydrogen) atoms. The average Bonchev–Trinajstić information content (AvgIpc) is 2.63. The fraction of sp³-hybridized carbons (Fsp3) is 0.769. The van der Waals surface area contributed by atoms with E-state index in [-0.39, 0.29) is 0 Å². The number of aromatic nitrogens is 2. The van der Waals surface area contributed by atoms with E-state index in [2.05, 4.69) is 25.9 Å². The summed E-state index contributed by atoms with van der Waals surface area (Å²) in [6.07, 6.45) is 6.78. The second kappa shape index (κ2) is 4.21. The smallest absolute Gasteiger partial charge is 0.0931 e. The van der Waals surface area contributed by atoms with Gasteiger partial charge in [-0.3, -0.25) is 4.68 Å². The summed E-state index contributed by atoms with van der Waals surface area (Å²) in [5.41, 5.74) is 0.345. The summed E-state index contributed by atoms with van der Waals surface area (Å²) < 4.78 is 1.89. The third-order valence-electron chi connectivity index (χ3n) is 3.67. The van der Waals surface area contributed by atoms with Crippen molar-refractivity contribution in [2.75, 3.05) is 0 Å². The van der Waals surface area contributed by atoms with Crippen molar-refractivity contribution in [3.05, 3.63) is 18.0 Å². The van der Waals surface area contributed by atoms with Gasteiger partial charge in [-0.15, -0.1) is 0 Å². The fourth-order valence-corrected chi connectivity index (χ4v) is 3.10. The van der Waals surface area contributed by atoms with Crippen LogP contribution in [-0.4, -0.2) is 14.9 Å². The molecule has 0 saturated heterocycles. The van der Waals surface area contributed by atoms with Gasteiger partial charge >= 0.3 is 0 Å². The minimum Gasteiger partial charge on any atom is -0.385 e. The third-order valence-corrected chi connectivity index (χ3v) is 3.67. The van der Waals surface area contributed by atoms with Gasteiger partial charge < -0.3 is 5.11 Å². The average molecular weight is 222 g/mol. The van der Waals surface area contributed by atoms with E-state index >= 15 is 0 Å². The topological polar surface area (TPSA) is 38.0 Å². The lowest BCUT2D eigenvalue weighted by Crippen LogP contribution is -2.35. The van der Waals surface area contributed by atoms with Gasteiger partial charge in [0.15, 0.2) is 0 Å². The summed E-state index contributed by atoms with van der Waals surface area (Å²) in [5, 5.41) is 15.0. The molecule has 1 heterocycles. The highest BCUT2D eigenvalue weighted by Gasteiger charge is 2.38. The van der Waals surface area contributed by atoms with Crippen molar-refractivity contribution < 1.29 is 5.11 Å². The van der Waals surface area contributed by atoms with Gasteiger partial charge in [0, 0.05) is 18.3 Å². The van der Waals surface area contributed by atoms with Crippen molar-refractivity contribution in [2.24, 2.45) is 11.8 Å². The molecule has 1 fully saturated rings. The van der Waals surface area contributed by atoms with Gasteiger partial charge in [-0.1, -0.05) is 13.8 Å². The van der Waals surface area contributed by atoms with Gasteiger partial charge in [0.2, 0.25) is 0 Å². The van der Waals surface area contributed by atoms with E-state index in [9.17, 15) is 5.11 Å². The molecule has 1 aromatic rings. The molecule has 1 saturated carbocycles. The van der Waals surface area contributed by atoms with Gasteiger partial charge in [-0.05, 0) is 38.0 Å². The lowest BCUT2D eigenvalue weighted by Gasteiger charge is -2.38. The molecule has 0 aromatic carbocycles. The van der Waals surface area contributed by atoms with Crippen molar-refractivity contribution in [1.82, 2.24) is 9.78 Å². The maximum Gasteiger partial charge on any atom is 0.0931 e. The minimum atomic E-state index is -0.648. The monoisotopic (exact) mass is 222 g/mol. The lowest BCUT2D eigenvalue weighted by molar-refractivity contribution is -0.0363. The van der Waals surface area contributed by atoms with E-state index in [1.54, 1.807) is 0 Å². The quantitative estimate of drug-likeness (QED) is 0.835.